The smallest absolute Gasteiger partial charge is 0.230 e. The van der Waals surface area contributed by atoms with E-state index in [0.717, 1.165) is 12.8 Å². The summed E-state index contributed by atoms with van der Waals surface area (Å²) in [5, 5.41) is 9.17. The average Bonchev–Trinajstić information content (AvgIpc) is 2.85. The van der Waals surface area contributed by atoms with Gasteiger partial charge in [-0.15, -0.1) is 0 Å². The molecular formula is C14H22Br3NO2. The minimum absolute atomic E-state index is 0.0215. The number of nitrogens with zero attached hydrogens (tertiary/aromatic N) is 1. The van der Waals surface area contributed by atoms with Gasteiger partial charge in [-0.05, 0) is 25.2 Å². The molecule has 3 rings (SSSR count). The fourth-order valence-electron chi connectivity index (χ4n) is 4.47. The molecule has 116 valence electrons. The van der Waals surface area contributed by atoms with E-state index in [-0.39, 0.29) is 37.3 Å². The Hall–Kier alpha value is 0.870. The molecule has 3 aliphatic rings. The van der Waals surface area contributed by atoms with Crippen molar-refractivity contribution in [2.24, 2.45) is 16.2 Å². The third-order valence-electron chi connectivity index (χ3n) is 5.91. The third-order valence-corrected chi connectivity index (χ3v) is 9.14. The predicted molar refractivity (Wildman–Crippen MR) is 91.6 cm³/mol. The second-order valence-electron chi connectivity index (χ2n) is 6.41. The van der Waals surface area contributed by atoms with Crippen LogP contribution in [-0.4, -0.2) is 44.2 Å². The van der Waals surface area contributed by atoms with Crippen LogP contribution in [0.25, 0.3) is 0 Å². The number of carbonyl (C=O) groups excluding carboxylic acids is 1. The first-order valence-corrected chi connectivity index (χ1v) is 9.81. The first-order valence-electron chi connectivity index (χ1n) is 7.06. The van der Waals surface area contributed by atoms with Gasteiger partial charge < -0.3 is 10.0 Å². The number of halogens is 3. The van der Waals surface area contributed by atoms with E-state index >= 15 is 0 Å². The fourth-order valence-corrected chi connectivity index (χ4v) is 9.38. The quantitative estimate of drug-likeness (QED) is 0.618. The summed E-state index contributed by atoms with van der Waals surface area (Å²) in [7, 11) is 0. The van der Waals surface area contributed by atoms with Crippen LogP contribution in [-0.2, 0) is 4.79 Å². The lowest BCUT2D eigenvalue weighted by Gasteiger charge is -2.66. The minimum atomic E-state index is -0.349. The van der Waals surface area contributed by atoms with Gasteiger partial charge in [-0.25, -0.2) is 0 Å². The van der Waals surface area contributed by atoms with Crippen LogP contribution in [0, 0.1) is 16.2 Å². The second-order valence-corrected chi connectivity index (χ2v) is 10.4. The zero-order valence-corrected chi connectivity index (χ0v) is 16.9. The Morgan fingerprint density at radius 1 is 1.40 bits per heavy atom. The maximum atomic E-state index is 13.1. The third kappa shape index (κ3) is 1.74. The Bertz CT molecular complexity index is 415. The molecule has 6 heteroatoms. The Morgan fingerprint density at radius 3 is 2.35 bits per heavy atom. The van der Waals surface area contributed by atoms with E-state index in [0.29, 0.717) is 13.1 Å². The first-order chi connectivity index (χ1) is 9.24. The number of hydrogen-bond acceptors (Lipinski definition) is 2. The van der Waals surface area contributed by atoms with E-state index in [1.165, 1.54) is 0 Å². The molecule has 20 heavy (non-hydrogen) atoms. The second kappa shape index (κ2) is 5.50. The van der Waals surface area contributed by atoms with Crippen molar-refractivity contribution in [1.82, 2.24) is 4.90 Å². The molecule has 0 spiro atoms. The molecule has 0 aliphatic heterocycles. The Morgan fingerprint density at radius 2 is 2.00 bits per heavy atom. The van der Waals surface area contributed by atoms with Crippen molar-refractivity contribution in [2.75, 3.05) is 19.7 Å². The van der Waals surface area contributed by atoms with Crippen molar-refractivity contribution in [3.8, 4) is 0 Å². The highest BCUT2D eigenvalue weighted by Crippen LogP contribution is 2.82. The van der Waals surface area contributed by atoms with E-state index in [9.17, 15) is 9.90 Å². The van der Waals surface area contributed by atoms with Gasteiger partial charge in [-0.3, -0.25) is 4.79 Å². The van der Waals surface area contributed by atoms with Gasteiger partial charge in [0.1, 0.15) is 0 Å². The van der Waals surface area contributed by atoms with Crippen molar-refractivity contribution in [2.45, 2.75) is 42.2 Å². The van der Waals surface area contributed by atoms with Gasteiger partial charge in [-0.1, -0.05) is 61.6 Å². The van der Waals surface area contributed by atoms with Gasteiger partial charge in [0.05, 0.1) is 15.8 Å². The Kier molecular flexibility index (Phi) is 4.74. The topological polar surface area (TPSA) is 40.5 Å². The van der Waals surface area contributed by atoms with Crippen LogP contribution in [0.1, 0.15) is 33.6 Å². The number of aliphatic hydroxyl groups is 1. The number of fused-ring (bicyclic) bond motifs is 1. The van der Waals surface area contributed by atoms with Crippen molar-refractivity contribution in [3.05, 3.63) is 0 Å². The van der Waals surface area contributed by atoms with Crippen molar-refractivity contribution in [1.29, 1.82) is 0 Å². The largest absolute Gasteiger partial charge is 0.395 e. The number of alkyl halides is 3. The lowest BCUT2D eigenvalue weighted by molar-refractivity contribution is -0.173. The van der Waals surface area contributed by atoms with Crippen molar-refractivity contribution < 1.29 is 9.90 Å². The van der Waals surface area contributed by atoms with Gasteiger partial charge in [0.2, 0.25) is 5.91 Å². The van der Waals surface area contributed by atoms with Crippen LogP contribution in [0.5, 0.6) is 0 Å². The van der Waals surface area contributed by atoms with E-state index < -0.39 is 0 Å². The highest BCUT2D eigenvalue weighted by molar-refractivity contribution is 9.24. The summed E-state index contributed by atoms with van der Waals surface area (Å²) < 4.78 is 0.193. The van der Waals surface area contributed by atoms with Crippen molar-refractivity contribution in [3.63, 3.8) is 0 Å². The number of rotatable bonds is 5. The molecule has 1 N–H and O–H groups in total. The van der Waals surface area contributed by atoms with E-state index in [1.807, 2.05) is 6.92 Å². The molecule has 0 aromatic heterocycles. The summed E-state index contributed by atoms with van der Waals surface area (Å²) in [6.07, 6.45) is 1.93. The summed E-state index contributed by atoms with van der Waals surface area (Å²) in [4.78, 5) is 15.0. The molecular weight excluding hydrogens is 454 g/mol. The lowest BCUT2D eigenvalue weighted by atomic mass is 9.43. The predicted octanol–water partition coefficient (Wildman–Crippen LogP) is 3.51. The number of carbonyl (C=O) groups is 1. The van der Waals surface area contributed by atoms with Gasteiger partial charge >= 0.3 is 0 Å². The van der Waals surface area contributed by atoms with E-state index in [2.05, 4.69) is 61.6 Å². The summed E-state index contributed by atoms with van der Waals surface area (Å²) in [5.74, 6) is 0.190. The molecule has 3 atom stereocenters. The maximum absolute atomic E-state index is 13.1. The van der Waals surface area contributed by atoms with Gasteiger partial charge in [0.15, 0.2) is 0 Å². The van der Waals surface area contributed by atoms with Crippen LogP contribution in [0.3, 0.4) is 0 Å². The zero-order chi connectivity index (χ0) is 15.3. The molecule has 3 unspecified atom stereocenters. The minimum Gasteiger partial charge on any atom is -0.395 e. The average molecular weight is 476 g/mol. The number of hydrogen-bond donors (Lipinski definition) is 1. The molecule has 0 saturated heterocycles. The number of aliphatic hydroxyl groups excluding tert-OH is 1. The molecule has 3 saturated carbocycles. The number of likely N-dealkylation sites (N-methyl/N-ethyl adjacent to an activating group) is 1. The highest BCUT2D eigenvalue weighted by Gasteiger charge is 2.83. The van der Waals surface area contributed by atoms with Crippen molar-refractivity contribution >= 4 is 53.7 Å². The SMILES string of the molecule is CCN(CCO)C(=O)C12CCC(C(Br)Br)(C1Br)C2(C)C. The van der Waals surface area contributed by atoms with Crippen LogP contribution in [0.15, 0.2) is 0 Å². The monoisotopic (exact) mass is 473 g/mol. The standard InChI is InChI=1S/C14H22Br3NO2/c1-4-18(7-8-19)11(20)14-6-5-13(9(14)15,10(16)17)12(14,2)3/h9-10,19H,4-8H2,1-3H3. The summed E-state index contributed by atoms with van der Waals surface area (Å²) in [5.41, 5.74) is -0.370. The molecule has 0 aromatic carbocycles. The zero-order valence-electron chi connectivity index (χ0n) is 12.1. The maximum Gasteiger partial charge on any atom is 0.230 e. The van der Waals surface area contributed by atoms with Crippen LogP contribution in [0.2, 0.25) is 0 Å². The van der Waals surface area contributed by atoms with Gasteiger partial charge in [0.25, 0.3) is 0 Å². The molecule has 2 bridgehead atoms. The van der Waals surface area contributed by atoms with E-state index in [1.54, 1.807) is 4.90 Å². The molecule has 3 fully saturated rings. The normalized spacial score (nSPS) is 37.9. The molecule has 1 amide bonds. The Labute approximate surface area is 146 Å². The first kappa shape index (κ1) is 17.2. The van der Waals surface area contributed by atoms with Crippen LogP contribution in [0.4, 0.5) is 0 Å². The summed E-state index contributed by atoms with van der Waals surface area (Å²) in [6.45, 7) is 7.48. The molecule has 3 nitrogen and oxygen atoms in total. The Balaban J connectivity index is 2.36. The lowest BCUT2D eigenvalue weighted by Crippen LogP contribution is -2.72. The van der Waals surface area contributed by atoms with Crippen LogP contribution < -0.4 is 0 Å². The van der Waals surface area contributed by atoms with Gasteiger partial charge in [0, 0.05) is 23.3 Å². The molecule has 3 aliphatic carbocycles. The van der Waals surface area contributed by atoms with Gasteiger partial charge in [-0.2, -0.15) is 0 Å². The molecule has 0 radical (unpaired) electrons. The number of amides is 1. The molecule has 0 heterocycles. The van der Waals surface area contributed by atoms with Crippen LogP contribution >= 0.6 is 47.8 Å². The summed E-state index contributed by atoms with van der Waals surface area (Å²) >= 11 is 11.2. The molecule has 0 aromatic rings. The summed E-state index contributed by atoms with van der Waals surface area (Å²) in [6, 6.07) is 0. The fraction of sp³-hybridized carbons (Fsp3) is 0.929. The highest BCUT2D eigenvalue weighted by atomic mass is 79.9. The van der Waals surface area contributed by atoms with E-state index in [4.69, 9.17) is 0 Å².